The summed E-state index contributed by atoms with van der Waals surface area (Å²) in [5.74, 6) is -0.0536. The number of benzene rings is 1. The minimum atomic E-state index is -0.922. The van der Waals surface area contributed by atoms with E-state index in [1.54, 1.807) is 12.3 Å². The average molecular weight is 594 g/mol. The lowest BCUT2D eigenvalue weighted by Crippen LogP contribution is -2.22. The van der Waals surface area contributed by atoms with E-state index in [9.17, 15) is 15.0 Å². The fourth-order valence-corrected chi connectivity index (χ4v) is 5.94. The maximum Gasteiger partial charge on any atom is 0.303 e. The Labute approximate surface area is 255 Å². The third-order valence-corrected chi connectivity index (χ3v) is 8.48. The lowest BCUT2D eigenvalue weighted by molar-refractivity contribution is -0.138. The van der Waals surface area contributed by atoms with Gasteiger partial charge in [0.25, 0.3) is 0 Å². The fourth-order valence-electron chi connectivity index (χ4n) is 4.40. The summed E-state index contributed by atoms with van der Waals surface area (Å²) in [6.07, 6.45) is 14.7. The molecule has 1 aromatic heterocycles. The Morgan fingerprint density at radius 3 is 2.46 bits per heavy atom. The van der Waals surface area contributed by atoms with Crippen LogP contribution in [0.3, 0.4) is 0 Å². The number of thioether (sulfide) groups is 1. The van der Waals surface area contributed by atoms with E-state index in [0.29, 0.717) is 5.02 Å². The summed E-state index contributed by atoms with van der Waals surface area (Å²) in [6.45, 7) is 9.68. The molecule has 0 radical (unpaired) electrons. The Kier molecular flexibility index (Phi) is 14.4. The smallest absolute Gasteiger partial charge is 0.303 e. The van der Waals surface area contributed by atoms with Gasteiger partial charge >= 0.3 is 5.97 Å². The number of aliphatic carboxylic acids is 1. The molecule has 0 saturated carbocycles. The number of halogens is 1. The van der Waals surface area contributed by atoms with Crippen molar-refractivity contribution in [3.63, 3.8) is 0 Å². The molecule has 2 rings (SSSR count). The second-order valence-electron chi connectivity index (χ2n) is 11.3. The number of carbonyl (C=O) groups is 1. The molecule has 0 saturated heterocycles. The first-order valence-corrected chi connectivity index (χ1v) is 15.4. The van der Waals surface area contributed by atoms with E-state index < -0.39 is 11.6 Å². The summed E-state index contributed by atoms with van der Waals surface area (Å²) in [7, 11) is 0. The Morgan fingerprint density at radius 2 is 1.76 bits per heavy atom. The zero-order valence-electron chi connectivity index (χ0n) is 24.9. The highest BCUT2D eigenvalue weighted by Gasteiger charge is 2.25. The van der Waals surface area contributed by atoms with Crippen molar-refractivity contribution < 1.29 is 15.0 Å². The van der Waals surface area contributed by atoms with Gasteiger partial charge in [0.05, 0.1) is 17.7 Å². The van der Waals surface area contributed by atoms with Crippen molar-refractivity contribution >= 4 is 35.4 Å². The summed E-state index contributed by atoms with van der Waals surface area (Å²) >= 11 is 7.92. The maximum atomic E-state index is 11.4. The molecule has 1 aromatic carbocycles. The molecule has 1 unspecified atom stereocenters. The van der Waals surface area contributed by atoms with E-state index in [2.05, 4.69) is 35.4 Å². The molecule has 1 atom stereocenters. The Bertz CT molecular complexity index is 1280. The minimum absolute atomic E-state index is 0.125. The Morgan fingerprint density at radius 1 is 1.05 bits per heavy atom. The summed E-state index contributed by atoms with van der Waals surface area (Å²) in [6, 6.07) is 19.3. The number of nitrogens with zero attached hydrogens (tertiary/aromatic N) is 1. The van der Waals surface area contributed by atoms with Crippen LogP contribution < -0.4 is 0 Å². The molecule has 2 N–H and O–H groups in total. The van der Waals surface area contributed by atoms with Crippen LogP contribution in [0.15, 0.2) is 96.7 Å². The predicted molar refractivity (Wildman–Crippen MR) is 176 cm³/mol. The van der Waals surface area contributed by atoms with Gasteiger partial charge in [-0.15, -0.1) is 0 Å². The van der Waals surface area contributed by atoms with Gasteiger partial charge in [0.15, 0.2) is 0 Å². The van der Waals surface area contributed by atoms with Crippen molar-refractivity contribution in [3.8, 4) is 0 Å². The monoisotopic (exact) mass is 593 g/mol. The van der Waals surface area contributed by atoms with Crippen molar-refractivity contribution in [2.45, 2.75) is 71.2 Å². The zero-order chi connectivity index (χ0) is 30.3. The van der Waals surface area contributed by atoms with E-state index in [4.69, 9.17) is 11.6 Å². The molecule has 0 aliphatic heterocycles. The molecule has 0 amide bonds. The zero-order valence-corrected chi connectivity index (χ0v) is 26.5. The molecule has 6 heteroatoms. The summed E-state index contributed by atoms with van der Waals surface area (Å²) in [5, 5.41) is 20.9. The predicted octanol–water partition coefficient (Wildman–Crippen LogP) is 9.23. The number of carboxylic acids is 1. The normalized spacial score (nSPS) is 13.4. The van der Waals surface area contributed by atoms with Gasteiger partial charge in [-0.25, -0.2) is 0 Å². The van der Waals surface area contributed by atoms with Gasteiger partial charge in [-0.1, -0.05) is 92.2 Å². The summed E-state index contributed by atoms with van der Waals surface area (Å²) in [5.41, 5.74) is 2.85. The summed E-state index contributed by atoms with van der Waals surface area (Å²) < 4.78 is 0. The van der Waals surface area contributed by atoms with Crippen molar-refractivity contribution in [1.29, 1.82) is 0 Å². The number of hydrogen-bond acceptors (Lipinski definition) is 4. The van der Waals surface area contributed by atoms with Gasteiger partial charge in [0.1, 0.15) is 0 Å². The number of aliphatic hydroxyl groups is 1. The first-order chi connectivity index (χ1) is 19.4. The van der Waals surface area contributed by atoms with Gasteiger partial charge in [0, 0.05) is 16.5 Å². The van der Waals surface area contributed by atoms with Crippen LogP contribution in [0.1, 0.15) is 70.7 Å². The van der Waals surface area contributed by atoms with Gasteiger partial charge in [-0.2, -0.15) is 11.8 Å². The van der Waals surface area contributed by atoms with Crippen molar-refractivity contribution in [1.82, 2.24) is 4.98 Å². The highest BCUT2D eigenvalue weighted by atomic mass is 35.5. The first kappa shape index (κ1) is 34.3. The second kappa shape index (κ2) is 17.2. The first-order valence-electron chi connectivity index (χ1n) is 14.0. The molecule has 0 aliphatic rings. The molecule has 2 aromatic rings. The third-order valence-electron chi connectivity index (χ3n) is 6.37. The van der Waals surface area contributed by atoms with E-state index in [1.807, 2.05) is 101 Å². The molecule has 0 spiro atoms. The Hall–Kier alpha value is -2.86. The number of rotatable bonds is 14. The highest BCUT2D eigenvalue weighted by Crippen LogP contribution is 2.34. The molecule has 0 fully saturated rings. The van der Waals surface area contributed by atoms with Crippen LogP contribution in [0.2, 0.25) is 5.02 Å². The molecule has 1 heterocycles. The van der Waals surface area contributed by atoms with Crippen LogP contribution >= 0.6 is 23.4 Å². The van der Waals surface area contributed by atoms with Crippen LogP contribution in [0.5, 0.6) is 0 Å². The number of allylic oxidation sites excluding steroid dienone is 4. The van der Waals surface area contributed by atoms with Crippen molar-refractivity contribution in [3.05, 3.63) is 119 Å². The van der Waals surface area contributed by atoms with Crippen LogP contribution in [-0.2, 0) is 16.8 Å². The van der Waals surface area contributed by atoms with Crippen LogP contribution in [0, 0.1) is 5.41 Å². The quantitative estimate of drug-likeness (QED) is 0.214. The van der Waals surface area contributed by atoms with E-state index in [1.165, 1.54) is 5.57 Å². The largest absolute Gasteiger partial charge is 0.481 e. The number of aryl methyl sites for hydroxylation is 1. The fraction of sp³-hybridized carbons (Fsp3) is 0.371. The van der Waals surface area contributed by atoms with Gasteiger partial charge in [-0.05, 0) is 92.2 Å². The Balaban J connectivity index is 2.32. The van der Waals surface area contributed by atoms with Gasteiger partial charge < -0.3 is 10.2 Å². The number of hydrogen-bond donors (Lipinski definition) is 2. The molecule has 41 heavy (non-hydrogen) atoms. The number of aromatic nitrogens is 1. The maximum absolute atomic E-state index is 11.4. The van der Waals surface area contributed by atoms with E-state index in [-0.39, 0.29) is 17.1 Å². The topological polar surface area (TPSA) is 70.4 Å². The van der Waals surface area contributed by atoms with Gasteiger partial charge in [-0.3, -0.25) is 9.78 Å². The minimum Gasteiger partial charge on any atom is -0.481 e. The lowest BCUT2D eigenvalue weighted by atomic mass is 9.90. The van der Waals surface area contributed by atoms with Crippen molar-refractivity contribution in [2.24, 2.45) is 5.41 Å². The second-order valence-corrected chi connectivity index (χ2v) is 12.9. The van der Waals surface area contributed by atoms with E-state index >= 15 is 0 Å². The SMILES string of the molecule is C/C=C\C(=C/C/C=C/c1cccccc(Cl)ccn1)C(CCc1ccccc1C(C)(C)O)SCC(C)(C)CC(=O)O. The molecular formula is C35H44ClNO3S. The third kappa shape index (κ3) is 13.6. The molecule has 220 valence electrons. The molecule has 4 nitrogen and oxygen atoms in total. The average Bonchev–Trinajstić information content (AvgIpc) is 2.89. The van der Waals surface area contributed by atoms with Gasteiger partial charge in [0.2, 0.25) is 0 Å². The van der Waals surface area contributed by atoms with E-state index in [0.717, 1.165) is 41.8 Å². The molecule has 0 aliphatic carbocycles. The van der Waals surface area contributed by atoms with Crippen LogP contribution in [-0.4, -0.2) is 32.2 Å². The molecular weight excluding hydrogens is 550 g/mol. The summed E-state index contributed by atoms with van der Waals surface area (Å²) in [4.78, 5) is 15.9. The highest BCUT2D eigenvalue weighted by molar-refractivity contribution is 8.00. The van der Waals surface area contributed by atoms with Crippen LogP contribution in [0.4, 0.5) is 0 Å². The van der Waals surface area contributed by atoms with Crippen LogP contribution in [0.25, 0.3) is 6.08 Å². The van der Waals surface area contributed by atoms with Crippen molar-refractivity contribution in [2.75, 3.05) is 5.75 Å². The lowest BCUT2D eigenvalue weighted by Gasteiger charge is -2.27. The standard InChI is InChI=1S/C35H44ClNO3S/c1-6-14-28(16-10-12-19-30-18-9-7-8-17-29(36)23-24-37-30)32(41-26-34(2,3)25-33(38)39)22-21-27-15-11-13-20-31(27)35(4,5)40/h6-9,11-20,23-24,32,40H,10,21-22,25-26H2,1-5H3,(H,38,39)/b8-7?,9-7?,14-6-,17-8?,18-9?,19-12+,24-23?,28-16+,29-17?,29-23?,30-18?,37-24?,37-30?. The molecule has 0 bridgehead atoms. The number of carboxylic acid groups (broad SMARTS) is 1.